The first-order valence-electron chi connectivity index (χ1n) is 6.14. The summed E-state index contributed by atoms with van der Waals surface area (Å²) >= 11 is 0. The highest BCUT2D eigenvalue weighted by Crippen LogP contribution is 2.24. The number of benzene rings is 3. The number of carbonyl (C=O) groups excluding carboxylic acids is 1. The molecule has 0 fully saturated rings. The molecule has 0 atom stereocenters. The molecular formula is C17H10F2O. The van der Waals surface area contributed by atoms with Crippen LogP contribution in [-0.2, 0) is 0 Å². The summed E-state index contributed by atoms with van der Waals surface area (Å²) < 4.78 is 26.9. The van der Waals surface area contributed by atoms with Gasteiger partial charge >= 0.3 is 0 Å². The van der Waals surface area contributed by atoms with E-state index in [4.69, 9.17) is 0 Å². The second-order valence-electron chi connectivity index (χ2n) is 4.48. The molecule has 3 rings (SSSR count). The van der Waals surface area contributed by atoms with E-state index in [1.54, 1.807) is 30.3 Å². The van der Waals surface area contributed by atoms with Crippen molar-refractivity contribution in [3.8, 4) is 0 Å². The van der Waals surface area contributed by atoms with Crippen LogP contribution >= 0.6 is 0 Å². The van der Waals surface area contributed by atoms with Crippen LogP contribution in [0.1, 0.15) is 15.9 Å². The normalized spacial score (nSPS) is 10.7. The van der Waals surface area contributed by atoms with Gasteiger partial charge in [0, 0.05) is 16.5 Å². The zero-order chi connectivity index (χ0) is 14.1. The van der Waals surface area contributed by atoms with Crippen molar-refractivity contribution >= 4 is 16.6 Å². The highest BCUT2D eigenvalue weighted by molar-refractivity contribution is 6.16. The topological polar surface area (TPSA) is 17.1 Å². The van der Waals surface area contributed by atoms with Crippen molar-refractivity contribution in [2.45, 2.75) is 0 Å². The van der Waals surface area contributed by atoms with E-state index in [0.29, 0.717) is 16.3 Å². The lowest BCUT2D eigenvalue weighted by atomic mass is 9.97. The Morgan fingerprint density at radius 2 is 1.55 bits per heavy atom. The van der Waals surface area contributed by atoms with Crippen molar-refractivity contribution in [2.75, 3.05) is 0 Å². The molecule has 1 nitrogen and oxygen atoms in total. The number of fused-ring (bicyclic) bond motifs is 1. The molecule has 0 saturated heterocycles. The summed E-state index contributed by atoms with van der Waals surface area (Å²) in [5.74, 6) is -1.17. The Bertz CT molecular complexity index is 809. The van der Waals surface area contributed by atoms with Gasteiger partial charge in [-0.2, -0.15) is 0 Å². The maximum Gasteiger partial charge on any atom is 0.193 e. The number of carbonyl (C=O) groups is 1. The molecule has 0 amide bonds. The fraction of sp³-hybridized carbons (Fsp3) is 0. The predicted molar refractivity (Wildman–Crippen MR) is 73.7 cm³/mol. The Morgan fingerprint density at radius 1 is 0.800 bits per heavy atom. The van der Waals surface area contributed by atoms with E-state index in [2.05, 4.69) is 0 Å². The third-order valence-corrected chi connectivity index (χ3v) is 3.20. The Hall–Kier alpha value is -2.55. The quantitative estimate of drug-likeness (QED) is 0.631. The standard InChI is InChI=1S/C17H10F2O/c18-12-5-3-4-11(10-12)17(20)15-8-9-16(19)14-7-2-1-6-13(14)15/h1-10H. The maximum atomic E-state index is 13.7. The maximum absolute atomic E-state index is 13.7. The molecule has 3 heteroatoms. The minimum absolute atomic E-state index is 0.252. The van der Waals surface area contributed by atoms with Crippen LogP contribution < -0.4 is 0 Å². The lowest BCUT2D eigenvalue weighted by molar-refractivity contribution is 0.104. The molecule has 0 saturated carbocycles. The number of halogens is 2. The average Bonchev–Trinajstić information content (AvgIpc) is 2.47. The smallest absolute Gasteiger partial charge is 0.193 e. The average molecular weight is 268 g/mol. The van der Waals surface area contributed by atoms with E-state index in [1.165, 1.54) is 30.3 Å². The second-order valence-corrected chi connectivity index (χ2v) is 4.48. The van der Waals surface area contributed by atoms with Gasteiger partial charge in [-0.15, -0.1) is 0 Å². The summed E-state index contributed by atoms with van der Waals surface area (Å²) in [6.45, 7) is 0. The van der Waals surface area contributed by atoms with Crippen LogP contribution in [0.2, 0.25) is 0 Å². The van der Waals surface area contributed by atoms with E-state index in [1.807, 2.05) is 0 Å². The van der Waals surface area contributed by atoms with E-state index in [0.717, 1.165) is 0 Å². The van der Waals surface area contributed by atoms with Crippen LogP contribution in [0.5, 0.6) is 0 Å². The predicted octanol–water partition coefficient (Wildman–Crippen LogP) is 4.35. The molecule has 98 valence electrons. The van der Waals surface area contributed by atoms with Gasteiger partial charge in [0.15, 0.2) is 5.78 Å². The Morgan fingerprint density at radius 3 is 2.30 bits per heavy atom. The molecule has 0 N–H and O–H groups in total. The first-order chi connectivity index (χ1) is 9.66. The second kappa shape index (κ2) is 4.85. The third-order valence-electron chi connectivity index (χ3n) is 3.20. The molecule has 3 aromatic carbocycles. The molecule has 0 radical (unpaired) electrons. The molecule has 0 aliphatic rings. The van der Waals surface area contributed by atoms with Crippen LogP contribution in [-0.4, -0.2) is 5.78 Å². The molecular weight excluding hydrogens is 258 g/mol. The van der Waals surface area contributed by atoms with E-state index in [9.17, 15) is 13.6 Å². The van der Waals surface area contributed by atoms with Crippen LogP contribution in [0.3, 0.4) is 0 Å². The van der Waals surface area contributed by atoms with Crippen molar-refractivity contribution in [1.29, 1.82) is 0 Å². The minimum atomic E-state index is -0.470. The van der Waals surface area contributed by atoms with Gasteiger partial charge in [0.1, 0.15) is 11.6 Å². The highest BCUT2D eigenvalue weighted by atomic mass is 19.1. The Balaban J connectivity index is 2.20. The Labute approximate surface area is 114 Å². The number of hydrogen-bond donors (Lipinski definition) is 0. The molecule has 0 aromatic heterocycles. The summed E-state index contributed by atoms with van der Waals surface area (Å²) in [5, 5.41) is 0.913. The summed E-state index contributed by atoms with van der Waals surface area (Å²) in [7, 11) is 0. The first-order valence-corrected chi connectivity index (χ1v) is 6.14. The van der Waals surface area contributed by atoms with Crippen molar-refractivity contribution in [2.24, 2.45) is 0 Å². The fourth-order valence-corrected chi connectivity index (χ4v) is 2.25. The molecule has 0 spiro atoms. The zero-order valence-electron chi connectivity index (χ0n) is 10.4. The van der Waals surface area contributed by atoms with Gasteiger partial charge in [-0.3, -0.25) is 4.79 Å². The molecule has 0 unspecified atom stereocenters. The van der Waals surface area contributed by atoms with Gasteiger partial charge < -0.3 is 0 Å². The molecule has 20 heavy (non-hydrogen) atoms. The van der Waals surface area contributed by atoms with Gasteiger partial charge in [-0.05, 0) is 29.7 Å². The summed E-state index contributed by atoms with van der Waals surface area (Å²) in [4.78, 5) is 12.4. The van der Waals surface area contributed by atoms with Crippen LogP contribution in [0.25, 0.3) is 10.8 Å². The van der Waals surface area contributed by atoms with E-state index >= 15 is 0 Å². The van der Waals surface area contributed by atoms with Gasteiger partial charge in [0.2, 0.25) is 0 Å². The number of hydrogen-bond acceptors (Lipinski definition) is 1. The molecule has 0 aliphatic heterocycles. The van der Waals surface area contributed by atoms with Crippen LogP contribution in [0, 0.1) is 11.6 Å². The van der Waals surface area contributed by atoms with Crippen LogP contribution in [0.15, 0.2) is 60.7 Å². The van der Waals surface area contributed by atoms with Gasteiger partial charge in [0.25, 0.3) is 0 Å². The lowest BCUT2D eigenvalue weighted by Crippen LogP contribution is -2.03. The Kier molecular flexibility index (Phi) is 3.03. The van der Waals surface area contributed by atoms with Crippen molar-refractivity contribution in [3.63, 3.8) is 0 Å². The summed E-state index contributed by atoms with van der Waals surface area (Å²) in [6.07, 6.45) is 0. The molecule has 0 heterocycles. The summed E-state index contributed by atoms with van der Waals surface area (Å²) in [5.41, 5.74) is 0.620. The third kappa shape index (κ3) is 2.07. The van der Waals surface area contributed by atoms with E-state index < -0.39 is 5.82 Å². The fourth-order valence-electron chi connectivity index (χ4n) is 2.25. The lowest BCUT2D eigenvalue weighted by Gasteiger charge is -2.07. The van der Waals surface area contributed by atoms with E-state index in [-0.39, 0.29) is 17.2 Å². The molecule has 0 aliphatic carbocycles. The summed E-state index contributed by atoms with van der Waals surface area (Å²) in [6, 6.07) is 14.9. The van der Waals surface area contributed by atoms with Gasteiger partial charge in [-0.1, -0.05) is 36.4 Å². The van der Waals surface area contributed by atoms with Gasteiger partial charge in [-0.25, -0.2) is 8.78 Å². The highest BCUT2D eigenvalue weighted by Gasteiger charge is 2.14. The van der Waals surface area contributed by atoms with Gasteiger partial charge in [0.05, 0.1) is 0 Å². The number of ketones is 1. The minimum Gasteiger partial charge on any atom is -0.289 e. The molecule has 0 bridgehead atoms. The van der Waals surface area contributed by atoms with Crippen LogP contribution in [0.4, 0.5) is 8.78 Å². The van der Waals surface area contributed by atoms with Crippen molar-refractivity contribution in [3.05, 3.63) is 83.4 Å². The van der Waals surface area contributed by atoms with Crippen molar-refractivity contribution in [1.82, 2.24) is 0 Å². The monoisotopic (exact) mass is 268 g/mol. The first kappa shape index (κ1) is 12.5. The molecule has 3 aromatic rings. The largest absolute Gasteiger partial charge is 0.289 e. The zero-order valence-corrected chi connectivity index (χ0v) is 10.4. The SMILES string of the molecule is O=C(c1cccc(F)c1)c1ccc(F)c2ccccc12. The number of rotatable bonds is 2. The van der Waals surface area contributed by atoms with Crippen molar-refractivity contribution < 1.29 is 13.6 Å².